The Morgan fingerprint density at radius 2 is 1.68 bits per heavy atom. The van der Waals surface area contributed by atoms with E-state index in [0.29, 0.717) is 0 Å². The fourth-order valence-electron chi connectivity index (χ4n) is 1.76. The van der Waals surface area contributed by atoms with Crippen molar-refractivity contribution in [3.8, 4) is 5.75 Å². The quantitative estimate of drug-likeness (QED) is 0.869. The van der Waals surface area contributed by atoms with Crippen LogP contribution in [0.4, 0.5) is 0 Å². The monoisotopic (exact) mass is 285 g/mol. The van der Waals surface area contributed by atoms with Crippen molar-refractivity contribution >= 4 is 9.84 Å². The minimum Gasteiger partial charge on any atom is -0.497 e. The van der Waals surface area contributed by atoms with Crippen molar-refractivity contribution in [2.45, 2.75) is 32.1 Å². The minimum absolute atomic E-state index is 0.0291. The van der Waals surface area contributed by atoms with Gasteiger partial charge in [-0.1, -0.05) is 26.0 Å². The number of sulfone groups is 1. The molecule has 0 aliphatic heterocycles. The van der Waals surface area contributed by atoms with E-state index in [2.05, 4.69) is 0 Å². The van der Waals surface area contributed by atoms with E-state index < -0.39 is 15.9 Å². The second-order valence-electron chi connectivity index (χ2n) is 5.16. The fraction of sp³-hybridized carbons (Fsp3) is 0.571. The summed E-state index contributed by atoms with van der Waals surface area (Å²) in [7, 11) is -1.59. The Labute approximate surface area is 115 Å². The highest BCUT2D eigenvalue weighted by atomic mass is 32.2. The van der Waals surface area contributed by atoms with Crippen LogP contribution in [-0.2, 0) is 9.84 Å². The summed E-state index contributed by atoms with van der Waals surface area (Å²) in [5.41, 5.74) is 6.80. The van der Waals surface area contributed by atoms with Gasteiger partial charge in [0.05, 0.1) is 18.1 Å². The van der Waals surface area contributed by atoms with E-state index in [-0.39, 0.29) is 16.9 Å². The first kappa shape index (κ1) is 16.0. The topological polar surface area (TPSA) is 69.4 Å². The Morgan fingerprint density at radius 3 is 2.11 bits per heavy atom. The number of rotatable bonds is 6. The van der Waals surface area contributed by atoms with Gasteiger partial charge in [0, 0.05) is 6.04 Å². The zero-order chi connectivity index (χ0) is 14.6. The molecule has 0 radical (unpaired) electrons. The number of hydrogen-bond acceptors (Lipinski definition) is 4. The highest BCUT2D eigenvalue weighted by molar-refractivity contribution is 7.92. The molecule has 2 atom stereocenters. The van der Waals surface area contributed by atoms with Crippen LogP contribution in [0, 0.1) is 5.92 Å². The van der Waals surface area contributed by atoms with Crippen molar-refractivity contribution < 1.29 is 13.2 Å². The molecule has 0 saturated carbocycles. The predicted molar refractivity (Wildman–Crippen MR) is 78.0 cm³/mol. The van der Waals surface area contributed by atoms with Gasteiger partial charge in [-0.05, 0) is 30.5 Å². The molecule has 0 amide bonds. The maximum absolute atomic E-state index is 12.2. The van der Waals surface area contributed by atoms with Crippen LogP contribution in [0.15, 0.2) is 24.3 Å². The Hall–Kier alpha value is -1.07. The molecule has 1 rings (SSSR count). The lowest BCUT2D eigenvalue weighted by Gasteiger charge is -2.19. The van der Waals surface area contributed by atoms with Crippen molar-refractivity contribution in [3.05, 3.63) is 29.8 Å². The lowest BCUT2D eigenvalue weighted by molar-refractivity contribution is 0.414. The summed E-state index contributed by atoms with van der Waals surface area (Å²) in [6.07, 6.45) is 0. The van der Waals surface area contributed by atoms with Gasteiger partial charge in [0.25, 0.3) is 0 Å². The molecule has 108 valence electrons. The van der Waals surface area contributed by atoms with Crippen LogP contribution in [0.3, 0.4) is 0 Å². The standard InChI is InChI=1S/C14H23NO3S/c1-10(2)11(3)19(16,17)9-14(15)12-5-7-13(18-4)8-6-12/h5-8,10-11,14H,9,15H2,1-4H3. The van der Waals surface area contributed by atoms with Crippen LogP contribution in [-0.4, -0.2) is 26.5 Å². The fourth-order valence-corrected chi connectivity index (χ4v) is 3.59. The van der Waals surface area contributed by atoms with E-state index in [4.69, 9.17) is 10.5 Å². The molecule has 2 unspecified atom stereocenters. The summed E-state index contributed by atoms with van der Waals surface area (Å²) in [4.78, 5) is 0. The molecule has 0 bridgehead atoms. The second-order valence-corrected chi connectivity index (χ2v) is 7.56. The minimum atomic E-state index is -3.18. The molecule has 2 N–H and O–H groups in total. The van der Waals surface area contributed by atoms with E-state index in [9.17, 15) is 8.42 Å². The van der Waals surface area contributed by atoms with E-state index in [1.807, 2.05) is 13.8 Å². The number of ether oxygens (including phenoxy) is 1. The van der Waals surface area contributed by atoms with E-state index in [1.54, 1.807) is 38.3 Å². The SMILES string of the molecule is COc1ccc(C(N)CS(=O)(=O)C(C)C(C)C)cc1. The second kappa shape index (κ2) is 6.39. The van der Waals surface area contributed by atoms with Gasteiger partial charge in [-0.3, -0.25) is 0 Å². The van der Waals surface area contributed by atoms with E-state index in [0.717, 1.165) is 11.3 Å². The lowest BCUT2D eigenvalue weighted by atomic mass is 10.1. The van der Waals surface area contributed by atoms with Gasteiger partial charge in [-0.25, -0.2) is 8.42 Å². The lowest BCUT2D eigenvalue weighted by Crippen LogP contribution is -2.31. The number of hydrogen-bond donors (Lipinski definition) is 1. The van der Waals surface area contributed by atoms with Crippen LogP contribution in [0.1, 0.15) is 32.4 Å². The largest absolute Gasteiger partial charge is 0.497 e. The van der Waals surface area contributed by atoms with Crippen molar-refractivity contribution in [1.29, 1.82) is 0 Å². The number of methoxy groups -OCH3 is 1. The van der Waals surface area contributed by atoms with E-state index in [1.165, 1.54) is 0 Å². The van der Waals surface area contributed by atoms with Crippen molar-refractivity contribution in [2.24, 2.45) is 11.7 Å². The summed E-state index contributed by atoms with van der Waals surface area (Å²) in [6, 6.07) is 6.68. The Morgan fingerprint density at radius 1 is 1.16 bits per heavy atom. The summed E-state index contributed by atoms with van der Waals surface area (Å²) >= 11 is 0. The molecule has 0 aliphatic carbocycles. The first-order chi connectivity index (χ1) is 8.77. The van der Waals surface area contributed by atoms with Gasteiger partial charge in [0.15, 0.2) is 9.84 Å². The molecule has 0 aliphatic rings. The highest BCUT2D eigenvalue weighted by Crippen LogP contribution is 2.20. The van der Waals surface area contributed by atoms with Gasteiger partial charge in [-0.15, -0.1) is 0 Å². The van der Waals surface area contributed by atoms with Crippen LogP contribution in [0.2, 0.25) is 0 Å². The zero-order valence-electron chi connectivity index (χ0n) is 12.0. The van der Waals surface area contributed by atoms with Crippen molar-refractivity contribution in [1.82, 2.24) is 0 Å². The molecule has 4 nitrogen and oxygen atoms in total. The van der Waals surface area contributed by atoms with Gasteiger partial charge in [-0.2, -0.15) is 0 Å². The van der Waals surface area contributed by atoms with Crippen molar-refractivity contribution in [2.75, 3.05) is 12.9 Å². The average molecular weight is 285 g/mol. The zero-order valence-corrected chi connectivity index (χ0v) is 12.8. The molecule has 0 heterocycles. The number of benzene rings is 1. The molecule has 1 aromatic rings. The van der Waals surface area contributed by atoms with Crippen LogP contribution >= 0.6 is 0 Å². The van der Waals surface area contributed by atoms with Crippen LogP contribution in [0.5, 0.6) is 5.75 Å². The molecule has 5 heteroatoms. The van der Waals surface area contributed by atoms with Crippen LogP contribution in [0.25, 0.3) is 0 Å². The third-order valence-electron chi connectivity index (χ3n) is 3.46. The van der Waals surface area contributed by atoms with Gasteiger partial charge >= 0.3 is 0 Å². The van der Waals surface area contributed by atoms with Gasteiger partial charge in [0.2, 0.25) is 0 Å². The first-order valence-electron chi connectivity index (χ1n) is 6.39. The summed E-state index contributed by atoms with van der Waals surface area (Å²) in [6.45, 7) is 5.54. The molecule has 0 fully saturated rings. The molecule has 0 spiro atoms. The molecular formula is C14H23NO3S. The van der Waals surface area contributed by atoms with Crippen LogP contribution < -0.4 is 10.5 Å². The summed E-state index contributed by atoms with van der Waals surface area (Å²) < 4.78 is 29.4. The number of nitrogens with two attached hydrogens (primary N) is 1. The molecule has 1 aromatic carbocycles. The van der Waals surface area contributed by atoms with E-state index >= 15 is 0 Å². The first-order valence-corrected chi connectivity index (χ1v) is 8.10. The van der Waals surface area contributed by atoms with Crippen molar-refractivity contribution in [3.63, 3.8) is 0 Å². The Kier molecular flexibility index (Phi) is 5.38. The molecule has 0 saturated heterocycles. The Bertz CT molecular complexity index is 494. The third kappa shape index (κ3) is 4.21. The highest BCUT2D eigenvalue weighted by Gasteiger charge is 2.26. The average Bonchev–Trinajstić information content (AvgIpc) is 2.37. The normalized spacial score (nSPS) is 15.3. The molecular weight excluding hydrogens is 262 g/mol. The maximum atomic E-state index is 12.2. The smallest absolute Gasteiger partial charge is 0.155 e. The maximum Gasteiger partial charge on any atom is 0.155 e. The third-order valence-corrected chi connectivity index (χ3v) is 5.96. The van der Waals surface area contributed by atoms with Gasteiger partial charge < -0.3 is 10.5 Å². The van der Waals surface area contributed by atoms with Gasteiger partial charge in [0.1, 0.15) is 5.75 Å². The molecule has 19 heavy (non-hydrogen) atoms. The predicted octanol–water partition coefficient (Wildman–Crippen LogP) is 2.15. The Balaban J connectivity index is 2.81. The summed E-state index contributed by atoms with van der Waals surface area (Å²) in [5, 5.41) is -0.378. The summed E-state index contributed by atoms with van der Waals surface area (Å²) in [5.74, 6) is 0.793. The molecule has 0 aromatic heterocycles.